The molecule has 31 heavy (non-hydrogen) atoms. The highest BCUT2D eigenvalue weighted by atomic mass is 16.5. The van der Waals surface area contributed by atoms with Gasteiger partial charge in [-0.05, 0) is 34.2 Å². The SMILES string of the molecule is CC(C)(C)c1ccc(OCCNC(=O)NCc2ccccc2CN2CCOCC2)cc1. The molecule has 0 spiro atoms. The second-order valence-corrected chi connectivity index (χ2v) is 8.89. The van der Waals surface area contributed by atoms with Crippen molar-refractivity contribution in [1.29, 1.82) is 0 Å². The summed E-state index contributed by atoms with van der Waals surface area (Å²) in [6.45, 7) is 12.3. The van der Waals surface area contributed by atoms with Crippen LogP contribution in [0.25, 0.3) is 0 Å². The minimum atomic E-state index is -0.187. The number of carbonyl (C=O) groups is 1. The predicted molar refractivity (Wildman–Crippen MR) is 123 cm³/mol. The van der Waals surface area contributed by atoms with Crippen molar-refractivity contribution >= 4 is 6.03 Å². The molecule has 6 heteroatoms. The Morgan fingerprint density at radius 3 is 2.35 bits per heavy atom. The summed E-state index contributed by atoms with van der Waals surface area (Å²) in [6.07, 6.45) is 0. The Kier molecular flexibility index (Phi) is 8.32. The summed E-state index contributed by atoms with van der Waals surface area (Å²) in [5.41, 5.74) is 3.77. The van der Waals surface area contributed by atoms with Crippen LogP contribution in [0.2, 0.25) is 0 Å². The normalized spacial score (nSPS) is 14.8. The third-order valence-electron chi connectivity index (χ3n) is 5.43. The maximum Gasteiger partial charge on any atom is 0.315 e. The number of urea groups is 1. The maximum atomic E-state index is 12.2. The van der Waals surface area contributed by atoms with Crippen molar-refractivity contribution in [3.8, 4) is 5.75 Å². The lowest BCUT2D eigenvalue weighted by Crippen LogP contribution is -2.38. The average molecular weight is 426 g/mol. The van der Waals surface area contributed by atoms with Gasteiger partial charge in [0.25, 0.3) is 0 Å². The molecular weight excluding hydrogens is 390 g/mol. The first-order valence-electron chi connectivity index (χ1n) is 11.0. The summed E-state index contributed by atoms with van der Waals surface area (Å²) in [5.74, 6) is 0.812. The molecule has 0 radical (unpaired) electrons. The van der Waals surface area contributed by atoms with Crippen LogP contribution in [0.15, 0.2) is 48.5 Å². The van der Waals surface area contributed by atoms with Crippen LogP contribution in [-0.4, -0.2) is 50.4 Å². The number of ether oxygens (including phenoxy) is 2. The van der Waals surface area contributed by atoms with Crippen molar-refractivity contribution in [3.63, 3.8) is 0 Å². The first-order chi connectivity index (χ1) is 14.9. The Balaban J connectivity index is 1.38. The van der Waals surface area contributed by atoms with E-state index in [1.807, 2.05) is 24.3 Å². The van der Waals surface area contributed by atoms with Crippen molar-refractivity contribution in [3.05, 3.63) is 65.2 Å². The van der Waals surface area contributed by atoms with Crippen LogP contribution >= 0.6 is 0 Å². The van der Waals surface area contributed by atoms with Gasteiger partial charge in [0.2, 0.25) is 0 Å². The zero-order valence-electron chi connectivity index (χ0n) is 18.9. The molecule has 1 fully saturated rings. The summed E-state index contributed by atoms with van der Waals surface area (Å²) in [4.78, 5) is 14.6. The number of morpholine rings is 1. The van der Waals surface area contributed by atoms with Gasteiger partial charge in [-0.1, -0.05) is 57.2 Å². The van der Waals surface area contributed by atoms with Crippen LogP contribution < -0.4 is 15.4 Å². The minimum absolute atomic E-state index is 0.124. The Morgan fingerprint density at radius 2 is 1.68 bits per heavy atom. The van der Waals surface area contributed by atoms with Crippen LogP contribution in [-0.2, 0) is 23.2 Å². The fourth-order valence-electron chi connectivity index (χ4n) is 3.51. The van der Waals surface area contributed by atoms with Gasteiger partial charge in [0.15, 0.2) is 0 Å². The molecular formula is C25H35N3O3. The lowest BCUT2D eigenvalue weighted by Gasteiger charge is -2.27. The lowest BCUT2D eigenvalue weighted by molar-refractivity contribution is 0.0341. The van der Waals surface area contributed by atoms with E-state index in [2.05, 4.69) is 60.6 Å². The lowest BCUT2D eigenvalue weighted by atomic mass is 9.87. The second kappa shape index (κ2) is 11.2. The molecule has 2 aromatic rings. The largest absolute Gasteiger partial charge is 0.492 e. The molecule has 2 aromatic carbocycles. The van der Waals surface area contributed by atoms with Crippen molar-refractivity contribution < 1.29 is 14.3 Å². The van der Waals surface area contributed by atoms with Gasteiger partial charge in [-0.25, -0.2) is 4.79 Å². The summed E-state index contributed by atoms with van der Waals surface area (Å²) < 4.78 is 11.2. The van der Waals surface area contributed by atoms with Crippen LogP contribution in [0, 0.1) is 0 Å². The molecule has 3 rings (SSSR count). The Labute approximate surface area is 185 Å². The first kappa shape index (κ1) is 23.1. The van der Waals surface area contributed by atoms with E-state index in [0.717, 1.165) is 44.2 Å². The van der Waals surface area contributed by atoms with Crippen molar-refractivity contribution in [2.75, 3.05) is 39.5 Å². The maximum absolute atomic E-state index is 12.2. The fraction of sp³-hybridized carbons (Fsp3) is 0.480. The topological polar surface area (TPSA) is 62.8 Å². The fourth-order valence-corrected chi connectivity index (χ4v) is 3.51. The molecule has 1 aliphatic heterocycles. The first-order valence-corrected chi connectivity index (χ1v) is 11.0. The summed E-state index contributed by atoms with van der Waals surface area (Å²) in [5, 5.41) is 5.81. The Morgan fingerprint density at radius 1 is 1.00 bits per heavy atom. The van der Waals surface area contributed by atoms with Crippen LogP contribution in [0.1, 0.15) is 37.5 Å². The third-order valence-corrected chi connectivity index (χ3v) is 5.43. The number of hydrogen-bond acceptors (Lipinski definition) is 4. The van der Waals surface area contributed by atoms with Gasteiger partial charge >= 0.3 is 6.03 Å². The van der Waals surface area contributed by atoms with E-state index in [9.17, 15) is 4.79 Å². The second-order valence-electron chi connectivity index (χ2n) is 8.89. The molecule has 2 amide bonds. The highest BCUT2D eigenvalue weighted by Crippen LogP contribution is 2.24. The van der Waals surface area contributed by atoms with Gasteiger partial charge in [-0.3, -0.25) is 4.90 Å². The van der Waals surface area contributed by atoms with Gasteiger partial charge in [0.1, 0.15) is 12.4 Å². The molecule has 1 heterocycles. The molecule has 2 N–H and O–H groups in total. The van der Waals surface area contributed by atoms with E-state index in [-0.39, 0.29) is 11.4 Å². The van der Waals surface area contributed by atoms with Crippen LogP contribution in [0.5, 0.6) is 5.75 Å². The van der Waals surface area contributed by atoms with E-state index in [4.69, 9.17) is 9.47 Å². The smallest absolute Gasteiger partial charge is 0.315 e. The van der Waals surface area contributed by atoms with Crippen molar-refractivity contribution in [2.24, 2.45) is 0 Å². The van der Waals surface area contributed by atoms with Crippen LogP contribution in [0.4, 0.5) is 4.79 Å². The monoisotopic (exact) mass is 425 g/mol. The van der Waals surface area contributed by atoms with Crippen molar-refractivity contribution in [1.82, 2.24) is 15.5 Å². The van der Waals surface area contributed by atoms with Gasteiger partial charge in [-0.2, -0.15) is 0 Å². The number of nitrogens with one attached hydrogen (secondary N) is 2. The molecule has 168 valence electrons. The Bertz CT molecular complexity index is 825. The standard InChI is InChI=1S/C25H35N3O3/c1-25(2,3)22-8-10-23(11-9-22)31-15-12-26-24(29)27-18-20-6-4-5-7-21(20)19-28-13-16-30-17-14-28/h4-11H,12-19H2,1-3H3,(H2,26,27,29). The van der Waals surface area contributed by atoms with E-state index < -0.39 is 0 Å². The number of nitrogens with zero attached hydrogens (tertiary/aromatic N) is 1. The number of benzene rings is 2. The van der Waals surface area contributed by atoms with Gasteiger partial charge < -0.3 is 20.1 Å². The predicted octanol–water partition coefficient (Wildman–Crippen LogP) is 3.69. The van der Waals surface area contributed by atoms with Gasteiger partial charge in [0.05, 0.1) is 19.8 Å². The zero-order valence-corrected chi connectivity index (χ0v) is 18.9. The van der Waals surface area contributed by atoms with E-state index in [1.165, 1.54) is 11.1 Å². The summed E-state index contributed by atoms with van der Waals surface area (Å²) in [6, 6.07) is 16.2. The summed E-state index contributed by atoms with van der Waals surface area (Å²) >= 11 is 0. The average Bonchev–Trinajstić information content (AvgIpc) is 2.76. The molecule has 0 aromatic heterocycles. The van der Waals surface area contributed by atoms with Gasteiger partial charge in [0, 0.05) is 26.2 Å². The number of hydrogen-bond donors (Lipinski definition) is 2. The highest BCUT2D eigenvalue weighted by Gasteiger charge is 2.14. The quantitative estimate of drug-likeness (QED) is 0.633. The molecule has 6 nitrogen and oxygen atoms in total. The van der Waals surface area contributed by atoms with E-state index in [1.54, 1.807) is 0 Å². The van der Waals surface area contributed by atoms with Crippen molar-refractivity contribution in [2.45, 2.75) is 39.3 Å². The number of rotatable bonds is 8. The van der Waals surface area contributed by atoms with Gasteiger partial charge in [-0.15, -0.1) is 0 Å². The Hall–Kier alpha value is -2.57. The van der Waals surface area contributed by atoms with Crippen LogP contribution in [0.3, 0.4) is 0 Å². The van der Waals surface area contributed by atoms with E-state index in [0.29, 0.717) is 19.7 Å². The molecule has 0 unspecified atom stereocenters. The molecule has 0 aliphatic carbocycles. The molecule has 1 aliphatic rings. The molecule has 0 atom stereocenters. The zero-order chi connectivity index (χ0) is 22.1. The minimum Gasteiger partial charge on any atom is -0.492 e. The highest BCUT2D eigenvalue weighted by molar-refractivity contribution is 5.73. The number of carbonyl (C=O) groups excluding carboxylic acids is 1. The molecule has 0 bridgehead atoms. The molecule has 1 saturated heterocycles. The number of amides is 2. The summed E-state index contributed by atoms with van der Waals surface area (Å²) in [7, 11) is 0. The third kappa shape index (κ3) is 7.56. The molecule has 0 saturated carbocycles. The van der Waals surface area contributed by atoms with E-state index >= 15 is 0 Å².